The molecule has 11 nitrogen and oxygen atoms in total. The molecule has 0 radical (unpaired) electrons. The first-order valence-electron chi connectivity index (χ1n) is 34.1. The molecule has 0 saturated heterocycles. The van der Waals surface area contributed by atoms with Crippen molar-refractivity contribution in [2.24, 2.45) is 0 Å². The third-order valence-electron chi connectivity index (χ3n) is 15.5. The number of nitrogens with zero attached hydrogens (tertiary/aromatic N) is 2. The SMILES string of the molecule is CCCCCCCCCCCCOC(=O)CCCCCNCCN(CCC(=O)OCCCCCCCCCCCC)CCN(CCC(=O)OCCCCCCCCCCCC)CCC(=O)OCCCCCCCCCCCC. The molecule has 0 aromatic heterocycles. The van der Waals surface area contributed by atoms with Crippen molar-refractivity contribution in [3.8, 4) is 0 Å². The number of nitrogens with one attached hydrogen (secondary N) is 1. The molecule has 0 heterocycles. The number of carbonyl (C=O) groups excluding carboxylic acids is 4. The number of unbranched alkanes of at least 4 members (excludes halogenated alkanes) is 38. The minimum atomic E-state index is -0.188. The van der Waals surface area contributed by atoms with Crippen molar-refractivity contribution in [1.29, 1.82) is 0 Å². The average molecular weight is 1110 g/mol. The van der Waals surface area contributed by atoms with Crippen molar-refractivity contribution in [2.45, 2.75) is 329 Å². The summed E-state index contributed by atoms with van der Waals surface area (Å²) in [5, 5.41) is 3.60. The Bertz CT molecular complexity index is 1230. The van der Waals surface area contributed by atoms with Crippen molar-refractivity contribution < 1.29 is 38.1 Å². The van der Waals surface area contributed by atoms with E-state index in [2.05, 4.69) is 42.8 Å². The number of carbonyl (C=O) groups is 4. The van der Waals surface area contributed by atoms with E-state index in [1.54, 1.807) is 0 Å². The van der Waals surface area contributed by atoms with Crippen LogP contribution in [-0.4, -0.2) is 112 Å². The predicted octanol–water partition coefficient (Wildman–Crippen LogP) is 17.8. The second kappa shape index (κ2) is 63.9. The highest BCUT2D eigenvalue weighted by molar-refractivity contribution is 5.70. The smallest absolute Gasteiger partial charge is 0.307 e. The molecule has 0 atom stereocenters. The number of hydrogen-bond donors (Lipinski definition) is 1. The molecule has 0 rings (SSSR count). The molecular weight excluding hydrogens is 975 g/mol. The van der Waals surface area contributed by atoms with E-state index in [9.17, 15) is 19.2 Å². The van der Waals surface area contributed by atoms with Crippen LogP contribution in [0.4, 0.5) is 0 Å². The second-order valence-corrected chi connectivity index (χ2v) is 23.1. The summed E-state index contributed by atoms with van der Waals surface area (Å²) >= 11 is 0. The second-order valence-electron chi connectivity index (χ2n) is 23.1. The van der Waals surface area contributed by atoms with E-state index in [0.29, 0.717) is 72.0 Å². The van der Waals surface area contributed by atoms with Crippen LogP contribution < -0.4 is 5.32 Å². The zero-order chi connectivity index (χ0) is 56.7. The summed E-state index contributed by atoms with van der Waals surface area (Å²) in [6.45, 7) is 16.3. The Hall–Kier alpha value is -2.24. The first-order chi connectivity index (χ1) is 38.4. The van der Waals surface area contributed by atoms with Gasteiger partial charge in [-0.25, -0.2) is 0 Å². The Morgan fingerprint density at radius 3 is 0.756 bits per heavy atom. The van der Waals surface area contributed by atoms with Crippen LogP contribution in [0, 0.1) is 0 Å². The van der Waals surface area contributed by atoms with Crippen LogP contribution in [0.25, 0.3) is 0 Å². The van der Waals surface area contributed by atoms with Gasteiger partial charge in [0.05, 0.1) is 45.7 Å². The van der Waals surface area contributed by atoms with E-state index in [-0.39, 0.29) is 36.7 Å². The molecule has 0 spiro atoms. The normalized spacial score (nSPS) is 11.5. The van der Waals surface area contributed by atoms with Gasteiger partial charge in [-0.05, 0) is 45.1 Å². The molecule has 0 saturated carbocycles. The fourth-order valence-electron chi connectivity index (χ4n) is 10.2. The molecule has 0 aliphatic rings. The highest BCUT2D eigenvalue weighted by Crippen LogP contribution is 2.15. The Labute approximate surface area is 483 Å². The molecule has 462 valence electrons. The molecule has 1 N–H and O–H groups in total. The lowest BCUT2D eigenvalue weighted by atomic mass is 10.1. The topological polar surface area (TPSA) is 124 Å². The summed E-state index contributed by atoms with van der Waals surface area (Å²) in [7, 11) is 0. The van der Waals surface area contributed by atoms with Crippen molar-refractivity contribution in [3.63, 3.8) is 0 Å². The minimum Gasteiger partial charge on any atom is -0.466 e. The largest absolute Gasteiger partial charge is 0.466 e. The monoisotopic (exact) mass is 1110 g/mol. The number of rotatable bonds is 65. The van der Waals surface area contributed by atoms with Crippen molar-refractivity contribution in [2.75, 3.05) is 78.8 Å². The molecule has 0 aromatic rings. The summed E-state index contributed by atoms with van der Waals surface area (Å²) < 4.78 is 22.6. The van der Waals surface area contributed by atoms with Crippen LogP contribution in [0.1, 0.15) is 329 Å². The van der Waals surface area contributed by atoms with Gasteiger partial charge in [-0.3, -0.25) is 19.2 Å². The predicted molar refractivity (Wildman–Crippen MR) is 329 cm³/mol. The maximum atomic E-state index is 13.0. The molecule has 78 heavy (non-hydrogen) atoms. The van der Waals surface area contributed by atoms with Gasteiger partial charge in [-0.15, -0.1) is 0 Å². The molecule has 0 aliphatic carbocycles. The van der Waals surface area contributed by atoms with Crippen molar-refractivity contribution >= 4 is 23.9 Å². The lowest BCUT2D eigenvalue weighted by Crippen LogP contribution is -2.41. The van der Waals surface area contributed by atoms with E-state index in [0.717, 1.165) is 90.3 Å². The van der Waals surface area contributed by atoms with Gasteiger partial charge < -0.3 is 34.1 Å². The van der Waals surface area contributed by atoms with Gasteiger partial charge in [0.1, 0.15) is 0 Å². The summed E-state index contributed by atoms with van der Waals surface area (Å²) in [6.07, 6.45) is 53.9. The fourth-order valence-corrected chi connectivity index (χ4v) is 10.2. The average Bonchev–Trinajstić information content (AvgIpc) is 3.44. The van der Waals surface area contributed by atoms with Crippen LogP contribution in [0.15, 0.2) is 0 Å². The van der Waals surface area contributed by atoms with Crippen molar-refractivity contribution in [1.82, 2.24) is 15.1 Å². The van der Waals surface area contributed by atoms with Gasteiger partial charge in [0.2, 0.25) is 0 Å². The van der Waals surface area contributed by atoms with Crippen LogP contribution in [0.2, 0.25) is 0 Å². The fraction of sp³-hybridized carbons (Fsp3) is 0.940. The quantitative estimate of drug-likeness (QED) is 0.0356. The Morgan fingerprint density at radius 1 is 0.244 bits per heavy atom. The summed E-state index contributed by atoms with van der Waals surface area (Å²) in [6, 6.07) is 0. The highest BCUT2D eigenvalue weighted by Gasteiger charge is 2.16. The third kappa shape index (κ3) is 59.9. The van der Waals surface area contributed by atoms with E-state index >= 15 is 0 Å². The van der Waals surface area contributed by atoms with E-state index < -0.39 is 0 Å². The van der Waals surface area contributed by atoms with Gasteiger partial charge in [-0.2, -0.15) is 0 Å². The lowest BCUT2D eigenvalue weighted by molar-refractivity contribution is -0.145. The molecular formula is C67H131N3O8. The highest BCUT2D eigenvalue weighted by atomic mass is 16.5. The molecule has 0 aromatic carbocycles. The van der Waals surface area contributed by atoms with Gasteiger partial charge >= 0.3 is 23.9 Å². The maximum Gasteiger partial charge on any atom is 0.307 e. The minimum absolute atomic E-state index is 0.0759. The maximum absolute atomic E-state index is 13.0. The number of esters is 4. The molecule has 11 heteroatoms. The van der Waals surface area contributed by atoms with Gasteiger partial charge in [-0.1, -0.05) is 265 Å². The molecule has 0 bridgehead atoms. The zero-order valence-corrected chi connectivity index (χ0v) is 52.4. The molecule has 0 unspecified atom stereocenters. The Balaban J connectivity index is 5.14. The summed E-state index contributed by atoms with van der Waals surface area (Å²) in [4.78, 5) is 55.8. The first-order valence-corrected chi connectivity index (χ1v) is 34.1. The first kappa shape index (κ1) is 75.8. The Kier molecular flexibility index (Phi) is 62.1. The Morgan fingerprint density at radius 2 is 0.474 bits per heavy atom. The molecule has 0 aliphatic heterocycles. The lowest BCUT2D eigenvalue weighted by Gasteiger charge is -2.27. The van der Waals surface area contributed by atoms with Gasteiger partial charge in [0, 0.05) is 52.2 Å². The van der Waals surface area contributed by atoms with E-state index in [1.807, 2.05) is 0 Å². The van der Waals surface area contributed by atoms with Crippen molar-refractivity contribution in [3.05, 3.63) is 0 Å². The van der Waals surface area contributed by atoms with Crippen LogP contribution in [0.3, 0.4) is 0 Å². The third-order valence-corrected chi connectivity index (χ3v) is 15.5. The van der Waals surface area contributed by atoms with Crippen LogP contribution in [0.5, 0.6) is 0 Å². The van der Waals surface area contributed by atoms with E-state index in [4.69, 9.17) is 18.9 Å². The summed E-state index contributed by atoms with van der Waals surface area (Å²) in [5.41, 5.74) is 0. The van der Waals surface area contributed by atoms with Crippen LogP contribution >= 0.6 is 0 Å². The standard InChI is InChI=1S/C67H131N3O8/c1-5-9-13-17-21-25-29-33-37-44-60-75-64(71)48-42-41-43-52-68-53-57-70(56-51-67(74)78-63-47-40-36-32-28-24-20-16-12-8-4)59-58-69(54-49-65(72)76-61-45-38-34-30-26-22-18-14-10-6-2)55-50-66(73)77-62-46-39-35-31-27-23-19-15-11-7-3/h68H,5-63H2,1-4H3. The zero-order valence-electron chi connectivity index (χ0n) is 52.4. The number of hydrogen-bond acceptors (Lipinski definition) is 11. The molecule has 0 fully saturated rings. The van der Waals surface area contributed by atoms with Gasteiger partial charge in [0.25, 0.3) is 0 Å². The number of ether oxygens (including phenoxy) is 4. The van der Waals surface area contributed by atoms with E-state index in [1.165, 1.54) is 205 Å². The van der Waals surface area contributed by atoms with Gasteiger partial charge in [0.15, 0.2) is 0 Å². The van der Waals surface area contributed by atoms with Crippen LogP contribution in [-0.2, 0) is 38.1 Å². The molecule has 0 amide bonds. The summed E-state index contributed by atoms with van der Waals surface area (Å²) in [5.74, 6) is -0.607.